The number of nitrogens with zero attached hydrogens (tertiary/aromatic N) is 2. The molecular formula is C19H28N2O3. The lowest BCUT2D eigenvalue weighted by Gasteiger charge is -2.24. The van der Waals surface area contributed by atoms with Crippen molar-refractivity contribution in [1.29, 1.82) is 0 Å². The lowest BCUT2D eigenvalue weighted by Crippen LogP contribution is -2.35. The van der Waals surface area contributed by atoms with Gasteiger partial charge in [-0.05, 0) is 44.5 Å². The normalized spacial score (nSPS) is 20.8. The summed E-state index contributed by atoms with van der Waals surface area (Å²) >= 11 is 0. The molecule has 0 unspecified atom stereocenters. The average molecular weight is 332 g/mol. The molecule has 5 heteroatoms. The standard InChI is InChI=1S/C19H28N2O3/c1-20-9-4-10-21(12-11-20)19(22)18-6-3-2-5-16(18)15-24-17-7-13-23-14-8-17/h2-3,5-6,17H,4,7-15H2,1H3. The minimum absolute atomic E-state index is 0.136. The van der Waals surface area contributed by atoms with Gasteiger partial charge in [0.05, 0.1) is 12.7 Å². The summed E-state index contributed by atoms with van der Waals surface area (Å²) in [7, 11) is 2.11. The van der Waals surface area contributed by atoms with Gasteiger partial charge in [-0.3, -0.25) is 4.79 Å². The van der Waals surface area contributed by atoms with E-state index < -0.39 is 0 Å². The van der Waals surface area contributed by atoms with E-state index in [1.165, 1.54) is 0 Å². The Morgan fingerprint density at radius 2 is 1.96 bits per heavy atom. The maximum atomic E-state index is 13.0. The first-order chi connectivity index (χ1) is 11.7. The topological polar surface area (TPSA) is 42.0 Å². The van der Waals surface area contributed by atoms with E-state index >= 15 is 0 Å². The molecule has 1 aromatic carbocycles. The van der Waals surface area contributed by atoms with Crippen LogP contribution in [0.25, 0.3) is 0 Å². The van der Waals surface area contributed by atoms with E-state index in [0.717, 1.165) is 69.8 Å². The second-order valence-electron chi connectivity index (χ2n) is 6.73. The summed E-state index contributed by atoms with van der Waals surface area (Å²) < 4.78 is 11.4. The predicted molar refractivity (Wildman–Crippen MR) is 93.1 cm³/mol. The first kappa shape index (κ1) is 17.4. The Labute approximate surface area is 144 Å². The van der Waals surface area contributed by atoms with Gasteiger partial charge in [-0.25, -0.2) is 0 Å². The molecule has 5 nitrogen and oxygen atoms in total. The van der Waals surface area contributed by atoms with Crippen molar-refractivity contribution in [2.45, 2.75) is 32.0 Å². The van der Waals surface area contributed by atoms with Gasteiger partial charge >= 0.3 is 0 Å². The number of amides is 1. The van der Waals surface area contributed by atoms with Crippen molar-refractivity contribution in [1.82, 2.24) is 9.80 Å². The third-order valence-electron chi connectivity index (χ3n) is 4.90. The van der Waals surface area contributed by atoms with E-state index in [9.17, 15) is 4.79 Å². The molecule has 0 N–H and O–H groups in total. The molecular weight excluding hydrogens is 304 g/mol. The number of hydrogen-bond donors (Lipinski definition) is 0. The van der Waals surface area contributed by atoms with Gasteiger partial charge in [-0.2, -0.15) is 0 Å². The Kier molecular flexibility index (Phi) is 6.24. The first-order valence-electron chi connectivity index (χ1n) is 8.99. The van der Waals surface area contributed by atoms with Crippen LogP contribution < -0.4 is 0 Å². The zero-order valence-corrected chi connectivity index (χ0v) is 14.6. The van der Waals surface area contributed by atoms with Gasteiger partial charge in [0.2, 0.25) is 0 Å². The van der Waals surface area contributed by atoms with Crippen molar-refractivity contribution in [2.75, 3.05) is 46.4 Å². The monoisotopic (exact) mass is 332 g/mol. The fourth-order valence-corrected chi connectivity index (χ4v) is 3.33. The van der Waals surface area contributed by atoms with Gasteiger partial charge in [0, 0.05) is 38.4 Å². The third kappa shape index (κ3) is 4.56. The summed E-state index contributed by atoms with van der Waals surface area (Å²) in [6.07, 6.45) is 3.15. The maximum Gasteiger partial charge on any atom is 0.254 e. The number of carbonyl (C=O) groups is 1. The largest absolute Gasteiger partial charge is 0.381 e. The minimum Gasteiger partial charge on any atom is -0.381 e. The van der Waals surface area contributed by atoms with Crippen LogP contribution in [0, 0.1) is 0 Å². The van der Waals surface area contributed by atoms with Crippen molar-refractivity contribution >= 4 is 5.91 Å². The average Bonchev–Trinajstić information content (AvgIpc) is 2.85. The summed E-state index contributed by atoms with van der Waals surface area (Å²) in [5, 5.41) is 0. The molecule has 0 radical (unpaired) electrons. The van der Waals surface area contributed by atoms with Crippen LogP contribution in [0.1, 0.15) is 35.2 Å². The summed E-state index contributed by atoms with van der Waals surface area (Å²) in [6.45, 7) is 5.66. The molecule has 0 aliphatic carbocycles. The van der Waals surface area contributed by atoms with Crippen LogP contribution in [0.15, 0.2) is 24.3 Å². The fraction of sp³-hybridized carbons (Fsp3) is 0.632. The fourth-order valence-electron chi connectivity index (χ4n) is 3.33. The molecule has 2 saturated heterocycles. The summed E-state index contributed by atoms with van der Waals surface area (Å²) in [5.41, 5.74) is 1.78. The molecule has 132 valence electrons. The lowest BCUT2D eigenvalue weighted by molar-refractivity contribution is -0.0392. The van der Waals surface area contributed by atoms with Crippen molar-refractivity contribution in [3.05, 3.63) is 35.4 Å². The zero-order valence-electron chi connectivity index (χ0n) is 14.6. The molecule has 2 heterocycles. The van der Waals surface area contributed by atoms with Crippen LogP contribution in [0.2, 0.25) is 0 Å². The van der Waals surface area contributed by atoms with Crippen molar-refractivity contribution < 1.29 is 14.3 Å². The van der Waals surface area contributed by atoms with Crippen LogP contribution in [0.3, 0.4) is 0 Å². The van der Waals surface area contributed by atoms with E-state index in [1.807, 2.05) is 29.2 Å². The lowest BCUT2D eigenvalue weighted by atomic mass is 10.1. The molecule has 0 bridgehead atoms. The summed E-state index contributed by atoms with van der Waals surface area (Å²) in [6, 6.07) is 7.86. The Morgan fingerprint density at radius 1 is 1.17 bits per heavy atom. The van der Waals surface area contributed by atoms with Gasteiger partial charge < -0.3 is 19.3 Å². The Hall–Kier alpha value is -1.43. The van der Waals surface area contributed by atoms with Gasteiger partial charge in [0.1, 0.15) is 0 Å². The SMILES string of the molecule is CN1CCCN(C(=O)c2ccccc2COC2CCOCC2)CC1. The number of rotatable bonds is 4. The van der Waals surface area contributed by atoms with E-state index in [4.69, 9.17) is 9.47 Å². The molecule has 0 atom stereocenters. The molecule has 0 spiro atoms. The minimum atomic E-state index is 0.136. The van der Waals surface area contributed by atoms with Gasteiger partial charge in [-0.15, -0.1) is 0 Å². The molecule has 24 heavy (non-hydrogen) atoms. The van der Waals surface area contributed by atoms with Crippen LogP contribution in [-0.4, -0.2) is 68.3 Å². The van der Waals surface area contributed by atoms with E-state index in [0.29, 0.717) is 6.61 Å². The highest BCUT2D eigenvalue weighted by Crippen LogP contribution is 2.18. The predicted octanol–water partition coefficient (Wildman–Crippen LogP) is 2.16. The molecule has 0 saturated carbocycles. The molecule has 2 fully saturated rings. The Morgan fingerprint density at radius 3 is 2.79 bits per heavy atom. The third-order valence-corrected chi connectivity index (χ3v) is 4.90. The smallest absolute Gasteiger partial charge is 0.254 e. The first-order valence-corrected chi connectivity index (χ1v) is 8.99. The number of ether oxygens (including phenoxy) is 2. The second kappa shape index (κ2) is 8.60. The molecule has 2 aliphatic heterocycles. The summed E-state index contributed by atoms with van der Waals surface area (Å²) in [4.78, 5) is 17.2. The van der Waals surface area contributed by atoms with Gasteiger partial charge in [-0.1, -0.05) is 18.2 Å². The number of carbonyl (C=O) groups excluding carboxylic acids is 1. The van der Waals surface area contributed by atoms with E-state index in [1.54, 1.807) is 0 Å². The van der Waals surface area contributed by atoms with Crippen LogP contribution in [-0.2, 0) is 16.1 Å². The van der Waals surface area contributed by atoms with E-state index in [-0.39, 0.29) is 12.0 Å². The van der Waals surface area contributed by atoms with Crippen molar-refractivity contribution in [3.63, 3.8) is 0 Å². The highest BCUT2D eigenvalue weighted by atomic mass is 16.5. The number of hydrogen-bond acceptors (Lipinski definition) is 4. The van der Waals surface area contributed by atoms with E-state index in [2.05, 4.69) is 11.9 Å². The second-order valence-corrected chi connectivity index (χ2v) is 6.73. The number of likely N-dealkylation sites (N-methyl/N-ethyl adjacent to an activating group) is 1. The van der Waals surface area contributed by atoms with Crippen molar-refractivity contribution in [3.8, 4) is 0 Å². The molecule has 1 aromatic rings. The molecule has 2 aliphatic rings. The highest BCUT2D eigenvalue weighted by Gasteiger charge is 2.22. The Balaban J connectivity index is 1.65. The zero-order chi connectivity index (χ0) is 16.8. The molecule has 3 rings (SSSR count). The van der Waals surface area contributed by atoms with Gasteiger partial charge in [0.25, 0.3) is 5.91 Å². The summed E-state index contributed by atoms with van der Waals surface area (Å²) in [5.74, 6) is 0.136. The van der Waals surface area contributed by atoms with Gasteiger partial charge in [0.15, 0.2) is 0 Å². The highest BCUT2D eigenvalue weighted by molar-refractivity contribution is 5.95. The maximum absolute atomic E-state index is 13.0. The van der Waals surface area contributed by atoms with Crippen LogP contribution >= 0.6 is 0 Å². The molecule has 0 aromatic heterocycles. The number of benzene rings is 1. The Bertz CT molecular complexity index is 543. The van der Waals surface area contributed by atoms with Crippen molar-refractivity contribution in [2.24, 2.45) is 0 Å². The molecule has 1 amide bonds. The van der Waals surface area contributed by atoms with Crippen LogP contribution in [0.5, 0.6) is 0 Å². The quantitative estimate of drug-likeness (QED) is 0.847. The van der Waals surface area contributed by atoms with Crippen LogP contribution in [0.4, 0.5) is 0 Å².